The average Bonchev–Trinajstić information content (AvgIpc) is 2.79. The molecule has 0 bridgehead atoms. The lowest BCUT2D eigenvalue weighted by Crippen LogP contribution is -2.26. The molecule has 1 fully saturated rings. The van der Waals surface area contributed by atoms with E-state index in [0.29, 0.717) is 6.10 Å². The Labute approximate surface area is 111 Å². The molecule has 2 aromatic rings. The Morgan fingerprint density at radius 3 is 3.22 bits per heavy atom. The van der Waals surface area contributed by atoms with Crippen molar-refractivity contribution in [1.82, 2.24) is 4.98 Å². The second-order valence-electron chi connectivity index (χ2n) is 4.86. The molecule has 96 valence electrons. The molecule has 18 heavy (non-hydrogen) atoms. The van der Waals surface area contributed by atoms with Crippen LogP contribution in [0.25, 0.3) is 10.2 Å². The minimum absolute atomic E-state index is 0.354. The fourth-order valence-electron chi connectivity index (χ4n) is 2.28. The van der Waals surface area contributed by atoms with Crippen LogP contribution in [0.15, 0.2) is 18.2 Å². The van der Waals surface area contributed by atoms with Crippen LogP contribution in [-0.2, 0) is 4.74 Å². The highest BCUT2D eigenvalue weighted by Crippen LogP contribution is 2.27. The van der Waals surface area contributed by atoms with Crippen LogP contribution in [0.1, 0.15) is 24.8 Å². The Kier molecular flexibility index (Phi) is 3.48. The molecule has 0 saturated carbocycles. The standard InChI is InChI=1S/C14H18N2OS/c1-10-5-6-12-13(8-10)18-14(16-12)15-9-11-4-2-3-7-17-11/h5-6,8,11H,2-4,7,9H2,1H3,(H,15,16). The summed E-state index contributed by atoms with van der Waals surface area (Å²) in [7, 11) is 0. The van der Waals surface area contributed by atoms with E-state index in [-0.39, 0.29) is 0 Å². The van der Waals surface area contributed by atoms with Crippen molar-refractivity contribution >= 4 is 26.7 Å². The maximum absolute atomic E-state index is 5.71. The number of nitrogens with one attached hydrogen (secondary N) is 1. The van der Waals surface area contributed by atoms with Crippen molar-refractivity contribution in [2.45, 2.75) is 32.3 Å². The highest BCUT2D eigenvalue weighted by molar-refractivity contribution is 7.22. The fourth-order valence-corrected chi connectivity index (χ4v) is 3.25. The minimum Gasteiger partial charge on any atom is -0.376 e. The SMILES string of the molecule is Cc1ccc2nc(NCC3CCCCO3)sc2c1. The van der Waals surface area contributed by atoms with Gasteiger partial charge in [0, 0.05) is 13.2 Å². The molecule has 1 aliphatic heterocycles. The van der Waals surface area contributed by atoms with E-state index in [9.17, 15) is 0 Å². The Morgan fingerprint density at radius 1 is 1.44 bits per heavy atom. The molecule has 3 rings (SSSR count). The van der Waals surface area contributed by atoms with Gasteiger partial charge in [-0.1, -0.05) is 17.4 Å². The van der Waals surface area contributed by atoms with Gasteiger partial charge in [-0.3, -0.25) is 0 Å². The van der Waals surface area contributed by atoms with Crippen LogP contribution < -0.4 is 5.32 Å². The van der Waals surface area contributed by atoms with Gasteiger partial charge in [-0.15, -0.1) is 0 Å². The minimum atomic E-state index is 0.354. The average molecular weight is 262 g/mol. The number of ether oxygens (including phenoxy) is 1. The van der Waals surface area contributed by atoms with Crippen LogP contribution in [0.5, 0.6) is 0 Å². The van der Waals surface area contributed by atoms with Crippen LogP contribution in [0.4, 0.5) is 5.13 Å². The van der Waals surface area contributed by atoms with E-state index < -0.39 is 0 Å². The van der Waals surface area contributed by atoms with Gasteiger partial charge in [-0.25, -0.2) is 4.98 Å². The van der Waals surface area contributed by atoms with E-state index in [1.54, 1.807) is 11.3 Å². The normalized spacial score (nSPS) is 20.2. The molecule has 4 heteroatoms. The van der Waals surface area contributed by atoms with E-state index in [4.69, 9.17) is 4.74 Å². The van der Waals surface area contributed by atoms with Gasteiger partial charge in [0.2, 0.25) is 0 Å². The number of nitrogens with zero attached hydrogens (tertiary/aromatic N) is 1. The van der Waals surface area contributed by atoms with Crippen LogP contribution in [0.3, 0.4) is 0 Å². The zero-order valence-electron chi connectivity index (χ0n) is 10.6. The van der Waals surface area contributed by atoms with Crippen LogP contribution in [0, 0.1) is 6.92 Å². The Morgan fingerprint density at radius 2 is 2.39 bits per heavy atom. The molecular formula is C14H18N2OS. The molecule has 1 atom stereocenters. The molecule has 2 heterocycles. The van der Waals surface area contributed by atoms with Crippen molar-refractivity contribution in [3.05, 3.63) is 23.8 Å². The summed E-state index contributed by atoms with van der Waals surface area (Å²) in [5, 5.41) is 4.41. The van der Waals surface area contributed by atoms with Gasteiger partial charge in [0.15, 0.2) is 5.13 Å². The number of thiazole rings is 1. The highest BCUT2D eigenvalue weighted by atomic mass is 32.1. The number of anilines is 1. The van der Waals surface area contributed by atoms with E-state index >= 15 is 0 Å². The molecule has 1 N–H and O–H groups in total. The van der Waals surface area contributed by atoms with Gasteiger partial charge in [-0.05, 0) is 43.9 Å². The Hall–Kier alpha value is -1.13. The second kappa shape index (κ2) is 5.24. The third kappa shape index (κ3) is 2.65. The van der Waals surface area contributed by atoms with Crippen LogP contribution in [0.2, 0.25) is 0 Å². The molecule has 0 amide bonds. The lowest BCUT2D eigenvalue weighted by atomic mass is 10.1. The van der Waals surface area contributed by atoms with Crippen molar-refractivity contribution in [3.63, 3.8) is 0 Å². The van der Waals surface area contributed by atoms with Gasteiger partial charge in [-0.2, -0.15) is 0 Å². The maximum Gasteiger partial charge on any atom is 0.183 e. The van der Waals surface area contributed by atoms with Crippen LogP contribution in [-0.4, -0.2) is 24.2 Å². The first-order valence-corrected chi connectivity index (χ1v) is 7.35. The predicted octanol–water partition coefficient (Wildman–Crippen LogP) is 3.59. The topological polar surface area (TPSA) is 34.2 Å². The molecule has 1 aliphatic rings. The second-order valence-corrected chi connectivity index (χ2v) is 5.89. The molecule has 1 aromatic heterocycles. The summed E-state index contributed by atoms with van der Waals surface area (Å²) < 4.78 is 6.96. The molecular weight excluding hydrogens is 244 g/mol. The smallest absolute Gasteiger partial charge is 0.183 e. The lowest BCUT2D eigenvalue weighted by Gasteiger charge is -2.22. The van der Waals surface area contributed by atoms with Gasteiger partial charge in [0.05, 0.1) is 16.3 Å². The van der Waals surface area contributed by atoms with Crippen LogP contribution >= 0.6 is 11.3 Å². The largest absolute Gasteiger partial charge is 0.376 e. The van der Waals surface area contributed by atoms with Gasteiger partial charge >= 0.3 is 0 Å². The number of benzene rings is 1. The zero-order valence-corrected chi connectivity index (χ0v) is 11.4. The fraction of sp³-hybridized carbons (Fsp3) is 0.500. The molecule has 1 unspecified atom stereocenters. The third-order valence-electron chi connectivity index (χ3n) is 3.30. The molecule has 0 radical (unpaired) electrons. The van der Waals surface area contributed by atoms with E-state index in [2.05, 4.69) is 35.4 Å². The first kappa shape index (κ1) is 11.9. The third-order valence-corrected chi connectivity index (χ3v) is 4.27. The quantitative estimate of drug-likeness (QED) is 0.918. The monoisotopic (exact) mass is 262 g/mol. The summed E-state index contributed by atoms with van der Waals surface area (Å²) >= 11 is 1.72. The van der Waals surface area contributed by atoms with E-state index in [0.717, 1.165) is 30.2 Å². The zero-order chi connectivity index (χ0) is 12.4. The first-order valence-electron chi connectivity index (χ1n) is 6.54. The molecule has 3 nitrogen and oxygen atoms in total. The predicted molar refractivity (Wildman–Crippen MR) is 76.4 cm³/mol. The Balaban J connectivity index is 1.67. The molecule has 0 spiro atoms. The summed E-state index contributed by atoms with van der Waals surface area (Å²) in [5.74, 6) is 0. The number of hydrogen-bond donors (Lipinski definition) is 1. The number of aromatic nitrogens is 1. The summed E-state index contributed by atoms with van der Waals surface area (Å²) in [4.78, 5) is 4.59. The van der Waals surface area contributed by atoms with Gasteiger partial charge in [0.1, 0.15) is 0 Å². The summed E-state index contributed by atoms with van der Waals surface area (Å²) in [5.41, 5.74) is 2.37. The van der Waals surface area contributed by atoms with Crippen molar-refractivity contribution in [3.8, 4) is 0 Å². The number of fused-ring (bicyclic) bond motifs is 1. The summed E-state index contributed by atoms with van der Waals surface area (Å²) in [6, 6.07) is 6.38. The first-order chi connectivity index (χ1) is 8.81. The summed E-state index contributed by atoms with van der Waals surface area (Å²) in [6.45, 7) is 3.90. The Bertz CT molecular complexity index is 532. The highest BCUT2D eigenvalue weighted by Gasteiger charge is 2.14. The summed E-state index contributed by atoms with van der Waals surface area (Å²) in [6.07, 6.45) is 4.01. The number of rotatable bonds is 3. The number of aryl methyl sites for hydroxylation is 1. The van der Waals surface area contributed by atoms with Crippen molar-refractivity contribution in [1.29, 1.82) is 0 Å². The van der Waals surface area contributed by atoms with Crippen molar-refractivity contribution in [2.75, 3.05) is 18.5 Å². The van der Waals surface area contributed by atoms with Crippen molar-refractivity contribution in [2.24, 2.45) is 0 Å². The van der Waals surface area contributed by atoms with E-state index in [1.807, 2.05) is 0 Å². The van der Waals surface area contributed by atoms with E-state index in [1.165, 1.54) is 23.1 Å². The van der Waals surface area contributed by atoms with Gasteiger partial charge in [0.25, 0.3) is 0 Å². The van der Waals surface area contributed by atoms with Crippen molar-refractivity contribution < 1.29 is 4.74 Å². The van der Waals surface area contributed by atoms with Gasteiger partial charge < -0.3 is 10.1 Å². The lowest BCUT2D eigenvalue weighted by molar-refractivity contribution is 0.0247. The molecule has 1 saturated heterocycles. The molecule has 1 aromatic carbocycles. The molecule has 0 aliphatic carbocycles. The maximum atomic E-state index is 5.71. The number of hydrogen-bond acceptors (Lipinski definition) is 4.